The predicted molar refractivity (Wildman–Crippen MR) is 259 cm³/mol. The molecule has 0 aromatic heterocycles. The number of hydrogen-bond acceptors (Lipinski definition) is 1. The third kappa shape index (κ3) is 8.06. The molecule has 0 fully saturated rings. The highest BCUT2D eigenvalue weighted by Gasteiger charge is 2.17. The smallest absolute Gasteiger partial charge is 0.0468 e. The van der Waals surface area contributed by atoms with Gasteiger partial charge < -0.3 is 4.90 Å². The molecular formula is C60H43N. The van der Waals surface area contributed by atoms with Gasteiger partial charge in [-0.05, 0) is 114 Å². The average molecular weight is 778 g/mol. The van der Waals surface area contributed by atoms with E-state index >= 15 is 0 Å². The van der Waals surface area contributed by atoms with Crippen LogP contribution in [0.15, 0.2) is 261 Å². The molecule has 61 heavy (non-hydrogen) atoms. The molecule has 0 radical (unpaired) electrons. The molecule has 1 nitrogen and oxygen atoms in total. The molecule has 0 heterocycles. The number of anilines is 3. The zero-order valence-electron chi connectivity index (χ0n) is 33.8. The van der Waals surface area contributed by atoms with Crippen molar-refractivity contribution in [3.63, 3.8) is 0 Å². The van der Waals surface area contributed by atoms with Gasteiger partial charge in [0.2, 0.25) is 0 Å². The molecule has 288 valence electrons. The maximum atomic E-state index is 2.37. The maximum Gasteiger partial charge on any atom is 0.0468 e. The van der Waals surface area contributed by atoms with Crippen LogP contribution in [0, 0.1) is 0 Å². The summed E-state index contributed by atoms with van der Waals surface area (Å²) in [4.78, 5) is 2.37. The van der Waals surface area contributed by atoms with Gasteiger partial charge in [-0.3, -0.25) is 0 Å². The summed E-state index contributed by atoms with van der Waals surface area (Å²) in [6, 6.07) is 93.9. The van der Waals surface area contributed by atoms with Crippen molar-refractivity contribution in [2.24, 2.45) is 0 Å². The van der Waals surface area contributed by atoms with E-state index in [9.17, 15) is 0 Å². The summed E-state index contributed by atoms with van der Waals surface area (Å²) < 4.78 is 0. The molecule has 0 aliphatic heterocycles. The Hall–Kier alpha value is -8.00. The quantitative estimate of drug-likeness (QED) is 0.134. The number of hydrogen-bond donors (Lipinski definition) is 0. The lowest BCUT2D eigenvalue weighted by molar-refractivity contribution is 1.28. The fourth-order valence-electron chi connectivity index (χ4n) is 8.28. The molecule has 0 N–H and O–H groups in total. The predicted octanol–water partition coefficient (Wildman–Crippen LogP) is 16.8. The van der Waals surface area contributed by atoms with Gasteiger partial charge in [0.15, 0.2) is 0 Å². The molecule has 0 aliphatic rings. The Bertz CT molecular complexity index is 2850. The normalized spacial score (nSPS) is 11.0. The van der Waals surface area contributed by atoms with Gasteiger partial charge >= 0.3 is 0 Å². The van der Waals surface area contributed by atoms with Crippen molar-refractivity contribution in [1.82, 2.24) is 0 Å². The van der Waals surface area contributed by atoms with Crippen molar-refractivity contribution < 1.29 is 0 Å². The number of benzene rings is 10. The van der Waals surface area contributed by atoms with E-state index in [0.717, 1.165) is 17.1 Å². The van der Waals surface area contributed by atoms with Crippen molar-refractivity contribution in [2.45, 2.75) is 0 Å². The lowest BCUT2D eigenvalue weighted by Gasteiger charge is -2.27. The number of nitrogens with zero attached hydrogens (tertiary/aromatic N) is 1. The van der Waals surface area contributed by atoms with Crippen molar-refractivity contribution in [3.8, 4) is 77.9 Å². The van der Waals surface area contributed by atoms with Gasteiger partial charge in [-0.15, -0.1) is 0 Å². The van der Waals surface area contributed by atoms with E-state index in [2.05, 4.69) is 266 Å². The molecule has 10 aromatic carbocycles. The highest BCUT2D eigenvalue weighted by molar-refractivity contribution is 5.90. The van der Waals surface area contributed by atoms with E-state index in [4.69, 9.17) is 0 Å². The van der Waals surface area contributed by atoms with E-state index in [1.54, 1.807) is 0 Å². The number of rotatable bonds is 10. The summed E-state index contributed by atoms with van der Waals surface area (Å²) in [6.45, 7) is 0. The summed E-state index contributed by atoms with van der Waals surface area (Å²) >= 11 is 0. The first kappa shape index (κ1) is 37.3. The van der Waals surface area contributed by atoms with E-state index in [1.165, 1.54) is 77.9 Å². The Morgan fingerprint density at radius 3 is 0.721 bits per heavy atom. The fourth-order valence-corrected chi connectivity index (χ4v) is 8.28. The Morgan fingerprint density at radius 1 is 0.164 bits per heavy atom. The molecule has 0 unspecified atom stereocenters. The standard InChI is InChI=1S/C60H43N/c1-5-13-44(14-6-1)47-21-25-50(26-22-47)52-33-37-56(38-34-52)61(57-39-35-53(36-40-57)51-27-23-48(24-28-51)45-15-7-2-8-16-45)58-41-42-59(60(43-58)54-19-11-4-12-20-54)55-31-29-49(30-32-55)46-17-9-3-10-18-46/h1-43H. The summed E-state index contributed by atoms with van der Waals surface area (Å²) in [5.41, 5.74) is 20.0. The zero-order valence-corrected chi connectivity index (χ0v) is 33.8. The minimum absolute atomic E-state index is 1.09. The highest BCUT2D eigenvalue weighted by atomic mass is 15.1. The molecule has 0 saturated heterocycles. The first-order valence-corrected chi connectivity index (χ1v) is 20.9. The zero-order chi connectivity index (χ0) is 40.8. The van der Waals surface area contributed by atoms with E-state index < -0.39 is 0 Å². The van der Waals surface area contributed by atoms with Crippen LogP contribution in [0.5, 0.6) is 0 Å². The SMILES string of the molecule is c1ccc(-c2ccc(-c3ccc(N(c4ccc(-c5ccc(-c6ccccc6)cc5)cc4)c4ccc(-c5ccc(-c6ccccc6)cc5)c(-c5ccccc5)c4)cc3)cc2)cc1. The summed E-state index contributed by atoms with van der Waals surface area (Å²) in [5.74, 6) is 0. The van der Waals surface area contributed by atoms with Crippen LogP contribution < -0.4 is 4.90 Å². The third-order valence-electron chi connectivity index (χ3n) is 11.6. The molecule has 10 rings (SSSR count). The monoisotopic (exact) mass is 777 g/mol. The Morgan fingerprint density at radius 2 is 0.393 bits per heavy atom. The summed E-state index contributed by atoms with van der Waals surface area (Å²) in [6.07, 6.45) is 0. The van der Waals surface area contributed by atoms with Crippen molar-refractivity contribution >= 4 is 17.1 Å². The molecule has 0 spiro atoms. The molecule has 1 heteroatoms. The maximum absolute atomic E-state index is 2.37. The minimum atomic E-state index is 1.09. The van der Waals surface area contributed by atoms with Gasteiger partial charge in [-0.1, -0.05) is 224 Å². The summed E-state index contributed by atoms with van der Waals surface area (Å²) in [7, 11) is 0. The van der Waals surface area contributed by atoms with Crippen LogP contribution in [0.2, 0.25) is 0 Å². The van der Waals surface area contributed by atoms with Crippen LogP contribution in [0.3, 0.4) is 0 Å². The van der Waals surface area contributed by atoms with Gasteiger partial charge in [0.1, 0.15) is 0 Å². The van der Waals surface area contributed by atoms with Crippen LogP contribution in [-0.4, -0.2) is 0 Å². The van der Waals surface area contributed by atoms with Crippen LogP contribution in [-0.2, 0) is 0 Å². The van der Waals surface area contributed by atoms with Crippen LogP contribution in [0.1, 0.15) is 0 Å². The topological polar surface area (TPSA) is 3.24 Å². The highest BCUT2D eigenvalue weighted by Crippen LogP contribution is 2.42. The molecule has 0 bridgehead atoms. The van der Waals surface area contributed by atoms with Gasteiger partial charge in [-0.2, -0.15) is 0 Å². The molecule has 0 atom stereocenters. The molecule has 0 saturated carbocycles. The van der Waals surface area contributed by atoms with E-state index in [0.29, 0.717) is 0 Å². The minimum Gasteiger partial charge on any atom is -0.310 e. The lowest BCUT2D eigenvalue weighted by atomic mass is 9.92. The van der Waals surface area contributed by atoms with Gasteiger partial charge in [-0.25, -0.2) is 0 Å². The van der Waals surface area contributed by atoms with Gasteiger partial charge in [0, 0.05) is 17.1 Å². The lowest BCUT2D eigenvalue weighted by Crippen LogP contribution is -2.10. The molecule has 0 amide bonds. The molecule has 0 aliphatic carbocycles. The fraction of sp³-hybridized carbons (Fsp3) is 0. The Kier molecular flexibility index (Phi) is 10.4. The second-order valence-electron chi connectivity index (χ2n) is 15.4. The molecular weight excluding hydrogens is 735 g/mol. The van der Waals surface area contributed by atoms with Crippen molar-refractivity contribution in [1.29, 1.82) is 0 Å². The van der Waals surface area contributed by atoms with Gasteiger partial charge in [0.25, 0.3) is 0 Å². The van der Waals surface area contributed by atoms with Crippen LogP contribution in [0.4, 0.5) is 17.1 Å². The largest absolute Gasteiger partial charge is 0.310 e. The van der Waals surface area contributed by atoms with Crippen molar-refractivity contribution in [3.05, 3.63) is 261 Å². The van der Waals surface area contributed by atoms with Crippen LogP contribution in [0.25, 0.3) is 77.9 Å². The average Bonchev–Trinajstić information content (AvgIpc) is 3.36. The van der Waals surface area contributed by atoms with Crippen molar-refractivity contribution in [2.75, 3.05) is 4.90 Å². The first-order valence-electron chi connectivity index (χ1n) is 20.9. The van der Waals surface area contributed by atoms with Gasteiger partial charge in [0.05, 0.1) is 0 Å². The third-order valence-corrected chi connectivity index (χ3v) is 11.6. The second-order valence-corrected chi connectivity index (χ2v) is 15.4. The summed E-state index contributed by atoms with van der Waals surface area (Å²) in [5, 5.41) is 0. The first-order chi connectivity index (χ1) is 30.2. The van der Waals surface area contributed by atoms with Crippen LogP contribution >= 0.6 is 0 Å². The van der Waals surface area contributed by atoms with E-state index in [-0.39, 0.29) is 0 Å². The Balaban J connectivity index is 1.03. The van der Waals surface area contributed by atoms with E-state index in [1.807, 2.05) is 0 Å². The molecule has 10 aromatic rings. The Labute approximate surface area is 359 Å². The second kappa shape index (κ2) is 17.1.